The zero-order chi connectivity index (χ0) is 19.4. The van der Waals surface area contributed by atoms with Gasteiger partial charge in [0.05, 0.1) is 5.56 Å². The lowest BCUT2D eigenvalue weighted by molar-refractivity contribution is -0.132. The van der Waals surface area contributed by atoms with Gasteiger partial charge in [0.25, 0.3) is 5.91 Å². The third kappa shape index (κ3) is 4.24. The van der Waals surface area contributed by atoms with Gasteiger partial charge in [-0.3, -0.25) is 4.79 Å². The Labute approximate surface area is 160 Å². The molecule has 3 N–H and O–H groups in total. The molecule has 136 valence electrons. The van der Waals surface area contributed by atoms with E-state index in [1.54, 1.807) is 12.1 Å². The van der Waals surface area contributed by atoms with Crippen molar-refractivity contribution in [1.82, 2.24) is 5.32 Å². The molecule has 1 heterocycles. The number of thiophene rings is 1. The van der Waals surface area contributed by atoms with Crippen molar-refractivity contribution >= 4 is 29.3 Å². The molecule has 27 heavy (non-hydrogen) atoms. The first-order valence-corrected chi connectivity index (χ1v) is 8.97. The quantitative estimate of drug-likeness (QED) is 0.577. The zero-order valence-corrected chi connectivity index (χ0v) is 15.3. The molecule has 0 aliphatic rings. The average Bonchev–Trinajstić information content (AvgIpc) is 3.10. The lowest BCUT2D eigenvalue weighted by Crippen LogP contribution is -2.27. The molecule has 0 saturated carbocycles. The molecule has 0 radical (unpaired) electrons. The summed E-state index contributed by atoms with van der Waals surface area (Å²) in [6.45, 7) is 2.01. The van der Waals surface area contributed by atoms with Gasteiger partial charge in [0.1, 0.15) is 11.4 Å². The van der Waals surface area contributed by atoms with E-state index in [1.807, 2.05) is 43.3 Å². The Bertz CT molecular complexity index is 1040. The zero-order valence-electron chi connectivity index (χ0n) is 14.5. The van der Waals surface area contributed by atoms with Gasteiger partial charge in [-0.2, -0.15) is 0 Å². The molecule has 0 saturated heterocycles. The lowest BCUT2D eigenvalue weighted by atomic mass is 10.1. The van der Waals surface area contributed by atoms with Crippen LogP contribution in [-0.4, -0.2) is 22.1 Å². The van der Waals surface area contributed by atoms with Gasteiger partial charge < -0.3 is 15.5 Å². The minimum Gasteiger partial charge on any atom is -0.507 e. The number of carbonyl (C=O) groups excluding carboxylic acids is 1. The maximum absolute atomic E-state index is 12.3. The molecule has 2 aromatic carbocycles. The van der Waals surface area contributed by atoms with E-state index < -0.39 is 11.9 Å². The number of hydrogen-bond acceptors (Lipinski definition) is 4. The minimum absolute atomic E-state index is 0.0106. The van der Waals surface area contributed by atoms with Crippen molar-refractivity contribution in [2.45, 2.75) is 6.92 Å². The van der Waals surface area contributed by atoms with Gasteiger partial charge in [0, 0.05) is 9.75 Å². The van der Waals surface area contributed by atoms with Crippen molar-refractivity contribution in [1.29, 1.82) is 0 Å². The number of phenolic OH excluding ortho intramolecular Hbond substituents is 1. The number of hydrogen-bond donors (Lipinski definition) is 3. The molecule has 5 nitrogen and oxygen atoms in total. The summed E-state index contributed by atoms with van der Waals surface area (Å²) in [7, 11) is 0. The highest BCUT2D eigenvalue weighted by molar-refractivity contribution is 7.16. The number of amides is 1. The number of nitrogens with one attached hydrogen (secondary N) is 1. The van der Waals surface area contributed by atoms with Crippen molar-refractivity contribution in [3.05, 3.63) is 82.4 Å². The van der Waals surface area contributed by atoms with Crippen LogP contribution in [0.5, 0.6) is 5.75 Å². The van der Waals surface area contributed by atoms with Crippen molar-refractivity contribution in [2.75, 3.05) is 0 Å². The van der Waals surface area contributed by atoms with Gasteiger partial charge in [0.2, 0.25) is 0 Å². The molecule has 1 aromatic heterocycles. The van der Waals surface area contributed by atoms with E-state index in [1.165, 1.54) is 29.5 Å². The second kappa shape index (κ2) is 7.88. The first-order chi connectivity index (χ1) is 13.0. The van der Waals surface area contributed by atoms with Crippen LogP contribution in [0.3, 0.4) is 0 Å². The predicted molar refractivity (Wildman–Crippen MR) is 106 cm³/mol. The van der Waals surface area contributed by atoms with Gasteiger partial charge >= 0.3 is 5.97 Å². The largest absolute Gasteiger partial charge is 0.507 e. The van der Waals surface area contributed by atoms with E-state index in [0.29, 0.717) is 4.88 Å². The average molecular weight is 379 g/mol. The highest BCUT2D eigenvalue weighted by atomic mass is 32.1. The van der Waals surface area contributed by atoms with Crippen LogP contribution in [0.1, 0.15) is 20.8 Å². The standard InChI is InChI=1S/C21H17NO4S/c1-13-6-2-3-7-15(13)19-11-10-14(27-19)12-17(21(25)26)22-20(24)16-8-4-5-9-18(16)23/h2-12,23H,1H3,(H,22,24)(H,25,26)/b17-12+. The van der Waals surface area contributed by atoms with Crippen LogP contribution in [0, 0.1) is 6.92 Å². The van der Waals surface area contributed by atoms with Crippen LogP contribution in [0.2, 0.25) is 0 Å². The summed E-state index contributed by atoms with van der Waals surface area (Å²) in [5.41, 5.74) is 1.95. The van der Waals surface area contributed by atoms with Gasteiger partial charge in [-0.05, 0) is 48.4 Å². The summed E-state index contributed by atoms with van der Waals surface area (Å²) in [5.74, 6) is -2.15. The van der Waals surface area contributed by atoms with E-state index in [0.717, 1.165) is 16.0 Å². The number of carbonyl (C=O) groups is 2. The Morgan fingerprint density at radius 1 is 1.00 bits per heavy atom. The van der Waals surface area contributed by atoms with E-state index in [4.69, 9.17) is 0 Å². The molecule has 0 unspecified atom stereocenters. The number of benzene rings is 2. The molecule has 0 fully saturated rings. The normalized spacial score (nSPS) is 11.2. The molecule has 0 aliphatic carbocycles. The number of rotatable bonds is 5. The topological polar surface area (TPSA) is 86.6 Å². The molecule has 0 bridgehead atoms. The monoisotopic (exact) mass is 379 g/mol. The van der Waals surface area contributed by atoms with Crippen LogP contribution in [0.15, 0.2) is 66.4 Å². The van der Waals surface area contributed by atoms with Gasteiger partial charge in [-0.1, -0.05) is 36.4 Å². The lowest BCUT2D eigenvalue weighted by Gasteiger charge is -2.07. The number of aryl methyl sites for hydroxylation is 1. The third-order valence-corrected chi connectivity index (χ3v) is 5.02. The Hall–Kier alpha value is -3.38. The summed E-state index contributed by atoms with van der Waals surface area (Å²) in [5, 5.41) is 21.5. The highest BCUT2D eigenvalue weighted by Gasteiger charge is 2.16. The molecule has 6 heteroatoms. The van der Waals surface area contributed by atoms with Crippen LogP contribution in [0.25, 0.3) is 16.5 Å². The Morgan fingerprint density at radius 3 is 2.41 bits per heavy atom. The number of carboxylic acid groups (broad SMARTS) is 1. The number of aliphatic carboxylic acids is 1. The van der Waals surface area contributed by atoms with E-state index in [9.17, 15) is 19.8 Å². The maximum atomic E-state index is 12.3. The molecule has 0 aliphatic heterocycles. The SMILES string of the molecule is Cc1ccccc1-c1ccc(/C=C(/NC(=O)c2ccccc2O)C(=O)O)s1. The fraction of sp³-hybridized carbons (Fsp3) is 0.0476. The Balaban J connectivity index is 1.87. The summed E-state index contributed by atoms with van der Waals surface area (Å²) >= 11 is 1.43. The van der Waals surface area contributed by atoms with Crippen LogP contribution >= 0.6 is 11.3 Å². The third-order valence-electron chi connectivity index (χ3n) is 3.95. The smallest absolute Gasteiger partial charge is 0.352 e. The van der Waals surface area contributed by atoms with Gasteiger partial charge in [-0.25, -0.2) is 4.79 Å². The number of para-hydroxylation sites is 1. The first-order valence-electron chi connectivity index (χ1n) is 8.16. The molecule has 3 rings (SSSR count). The summed E-state index contributed by atoms with van der Waals surface area (Å²) in [4.78, 5) is 25.5. The van der Waals surface area contributed by atoms with Crippen LogP contribution in [0.4, 0.5) is 0 Å². The van der Waals surface area contributed by atoms with E-state index in [-0.39, 0.29) is 17.0 Å². The molecule has 0 spiro atoms. The van der Waals surface area contributed by atoms with Gasteiger partial charge in [0.15, 0.2) is 0 Å². The summed E-state index contributed by atoms with van der Waals surface area (Å²) < 4.78 is 0. The fourth-order valence-electron chi connectivity index (χ4n) is 2.57. The van der Waals surface area contributed by atoms with Crippen molar-refractivity contribution in [2.24, 2.45) is 0 Å². The van der Waals surface area contributed by atoms with E-state index >= 15 is 0 Å². The summed E-state index contributed by atoms with van der Waals surface area (Å²) in [6.07, 6.45) is 1.41. The van der Waals surface area contributed by atoms with Crippen molar-refractivity contribution in [3.8, 4) is 16.2 Å². The fourth-order valence-corrected chi connectivity index (χ4v) is 3.62. The Kier molecular flexibility index (Phi) is 5.38. The molecule has 0 atom stereocenters. The maximum Gasteiger partial charge on any atom is 0.352 e. The first kappa shape index (κ1) is 18.4. The number of phenols is 1. The molecule has 3 aromatic rings. The number of aromatic hydroxyl groups is 1. The number of carboxylic acids is 1. The second-order valence-electron chi connectivity index (χ2n) is 5.85. The molecular weight excluding hydrogens is 362 g/mol. The van der Waals surface area contributed by atoms with Crippen LogP contribution in [-0.2, 0) is 4.79 Å². The van der Waals surface area contributed by atoms with Crippen LogP contribution < -0.4 is 5.32 Å². The molecular formula is C21H17NO4S. The predicted octanol–water partition coefficient (Wildman–Crippen LogP) is 4.28. The van der Waals surface area contributed by atoms with E-state index in [2.05, 4.69) is 5.32 Å². The highest BCUT2D eigenvalue weighted by Crippen LogP contribution is 2.31. The second-order valence-corrected chi connectivity index (χ2v) is 6.97. The minimum atomic E-state index is -1.26. The molecule has 1 amide bonds. The van der Waals surface area contributed by atoms with Crippen molar-refractivity contribution < 1.29 is 19.8 Å². The van der Waals surface area contributed by atoms with Gasteiger partial charge in [-0.15, -0.1) is 11.3 Å². The van der Waals surface area contributed by atoms with Crippen molar-refractivity contribution in [3.63, 3.8) is 0 Å². The Morgan fingerprint density at radius 2 is 1.70 bits per heavy atom. The summed E-state index contributed by atoms with van der Waals surface area (Å²) in [6, 6.07) is 17.6.